The molecule has 2 nitrogen and oxygen atoms in total. The van der Waals surface area contributed by atoms with E-state index >= 15 is 0 Å². The minimum atomic E-state index is 0.202. The van der Waals surface area contributed by atoms with Gasteiger partial charge in [-0.05, 0) is 42.4 Å². The molecule has 2 N–H and O–H groups in total. The van der Waals surface area contributed by atoms with Crippen LogP contribution in [-0.2, 0) is 0 Å². The Balaban J connectivity index is 2.12. The number of pyridine rings is 1. The minimum Gasteiger partial charge on any atom is -0.324 e. The van der Waals surface area contributed by atoms with Crippen molar-refractivity contribution in [2.75, 3.05) is 0 Å². The lowest BCUT2D eigenvalue weighted by molar-refractivity contribution is 0.563. The molecule has 14 heavy (non-hydrogen) atoms. The third-order valence-electron chi connectivity index (χ3n) is 3.40. The summed E-state index contributed by atoms with van der Waals surface area (Å²) in [6.07, 6.45) is 6.31. The molecule has 0 aromatic carbocycles. The van der Waals surface area contributed by atoms with Crippen LogP contribution in [0.3, 0.4) is 0 Å². The third-order valence-corrected chi connectivity index (χ3v) is 3.40. The van der Waals surface area contributed by atoms with E-state index in [1.54, 1.807) is 0 Å². The second kappa shape index (κ2) is 3.70. The van der Waals surface area contributed by atoms with Gasteiger partial charge in [0.2, 0.25) is 0 Å². The van der Waals surface area contributed by atoms with Gasteiger partial charge >= 0.3 is 0 Å². The summed E-state index contributed by atoms with van der Waals surface area (Å²) in [5.74, 6) is 1.55. The fraction of sp³-hybridized carbons (Fsp3) is 0.583. The first-order valence-electron chi connectivity index (χ1n) is 5.40. The smallest absolute Gasteiger partial charge is 0.0344 e. The Morgan fingerprint density at radius 2 is 2.43 bits per heavy atom. The van der Waals surface area contributed by atoms with Gasteiger partial charge in [0.15, 0.2) is 0 Å². The zero-order valence-corrected chi connectivity index (χ0v) is 8.90. The normalized spacial score (nSPS) is 27.4. The Bertz CT molecular complexity index is 322. The monoisotopic (exact) mass is 190 g/mol. The van der Waals surface area contributed by atoms with Gasteiger partial charge in [0.25, 0.3) is 0 Å². The molecule has 2 heteroatoms. The SMILES string of the molecule is CC[C@@H]1C[C@H]1C(N)c1cnccc1C. The first-order chi connectivity index (χ1) is 6.74. The maximum absolute atomic E-state index is 6.23. The van der Waals surface area contributed by atoms with E-state index in [-0.39, 0.29) is 6.04 Å². The summed E-state index contributed by atoms with van der Waals surface area (Å²) in [6, 6.07) is 2.24. The van der Waals surface area contributed by atoms with Gasteiger partial charge in [-0.1, -0.05) is 13.3 Å². The van der Waals surface area contributed by atoms with Crippen molar-refractivity contribution in [3.8, 4) is 0 Å². The van der Waals surface area contributed by atoms with Gasteiger partial charge in [0.1, 0.15) is 0 Å². The van der Waals surface area contributed by atoms with Crippen molar-refractivity contribution >= 4 is 0 Å². The number of hydrogen-bond acceptors (Lipinski definition) is 2. The minimum absolute atomic E-state index is 0.202. The van der Waals surface area contributed by atoms with Crippen LogP contribution in [0.5, 0.6) is 0 Å². The van der Waals surface area contributed by atoms with E-state index in [4.69, 9.17) is 5.73 Å². The summed E-state index contributed by atoms with van der Waals surface area (Å²) in [6.45, 7) is 4.35. The third kappa shape index (κ3) is 1.67. The molecule has 76 valence electrons. The molecule has 1 saturated carbocycles. The largest absolute Gasteiger partial charge is 0.324 e. The standard InChI is InChI=1S/C12H18N2/c1-3-9-6-10(9)12(13)11-7-14-5-4-8(11)2/h4-5,7,9-10,12H,3,6,13H2,1-2H3/t9-,10-,12?/m1/s1. The molecule has 0 aliphatic heterocycles. The Morgan fingerprint density at radius 3 is 3.00 bits per heavy atom. The van der Waals surface area contributed by atoms with Gasteiger partial charge in [-0.2, -0.15) is 0 Å². The molecule has 1 aliphatic carbocycles. The van der Waals surface area contributed by atoms with Crippen molar-refractivity contribution in [3.63, 3.8) is 0 Å². The summed E-state index contributed by atoms with van der Waals surface area (Å²) in [4.78, 5) is 4.15. The van der Waals surface area contributed by atoms with Gasteiger partial charge < -0.3 is 5.73 Å². The van der Waals surface area contributed by atoms with Crippen LogP contribution >= 0.6 is 0 Å². The molecule has 0 radical (unpaired) electrons. The molecule has 1 heterocycles. The van der Waals surface area contributed by atoms with Crippen LogP contribution in [0.4, 0.5) is 0 Å². The number of nitrogens with zero attached hydrogens (tertiary/aromatic N) is 1. The molecule has 1 unspecified atom stereocenters. The molecular formula is C12H18N2. The Kier molecular flexibility index (Phi) is 2.55. The molecule has 1 aromatic heterocycles. The van der Waals surface area contributed by atoms with Gasteiger partial charge in [0.05, 0.1) is 0 Å². The van der Waals surface area contributed by atoms with Crippen LogP contribution in [0.2, 0.25) is 0 Å². The maximum Gasteiger partial charge on any atom is 0.0344 e. The van der Waals surface area contributed by atoms with Crippen LogP contribution < -0.4 is 5.73 Å². The van der Waals surface area contributed by atoms with E-state index in [0.29, 0.717) is 5.92 Å². The van der Waals surface area contributed by atoms with E-state index in [9.17, 15) is 0 Å². The maximum atomic E-state index is 6.23. The first kappa shape index (κ1) is 9.66. The summed E-state index contributed by atoms with van der Waals surface area (Å²) in [7, 11) is 0. The van der Waals surface area contributed by atoms with Crippen molar-refractivity contribution in [1.29, 1.82) is 0 Å². The molecule has 0 amide bonds. The molecule has 0 bridgehead atoms. The number of aromatic nitrogens is 1. The number of hydrogen-bond donors (Lipinski definition) is 1. The fourth-order valence-electron chi connectivity index (χ4n) is 2.24. The highest BCUT2D eigenvalue weighted by molar-refractivity contribution is 5.26. The highest BCUT2D eigenvalue weighted by Crippen LogP contribution is 2.48. The summed E-state index contributed by atoms with van der Waals surface area (Å²) in [5, 5.41) is 0. The van der Waals surface area contributed by atoms with E-state index in [0.717, 1.165) is 5.92 Å². The molecule has 3 atom stereocenters. The van der Waals surface area contributed by atoms with E-state index in [1.165, 1.54) is 24.0 Å². The second-order valence-corrected chi connectivity index (χ2v) is 4.33. The van der Waals surface area contributed by atoms with Crippen LogP contribution in [0, 0.1) is 18.8 Å². The molecular weight excluding hydrogens is 172 g/mol. The average molecular weight is 190 g/mol. The van der Waals surface area contributed by atoms with Crippen LogP contribution in [-0.4, -0.2) is 4.98 Å². The lowest BCUT2D eigenvalue weighted by atomic mass is 9.99. The molecule has 2 rings (SSSR count). The molecule has 0 spiro atoms. The van der Waals surface area contributed by atoms with Crippen molar-refractivity contribution in [1.82, 2.24) is 4.98 Å². The Labute approximate surface area is 85.5 Å². The van der Waals surface area contributed by atoms with Gasteiger partial charge in [-0.15, -0.1) is 0 Å². The van der Waals surface area contributed by atoms with Crippen molar-refractivity contribution in [3.05, 3.63) is 29.6 Å². The highest BCUT2D eigenvalue weighted by atomic mass is 14.7. The zero-order valence-electron chi connectivity index (χ0n) is 8.90. The first-order valence-corrected chi connectivity index (χ1v) is 5.40. The fourth-order valence-corrected chi connectivity index (χ4v) is 2.24. The van der Waals surface area contributed by atoms with Crippen LogP contribution in [0.25, 0.3) is 0 Å². The van der Waals surface area contributed by atoms with Crippen LogP contribution in [0.1, 0.15) is 36.9 Å². The van der Waals surface area contributed by atoms with E-state index in [2.05, 4.69) is 18.8 Å². The summed E-state index contributed by atoms with van der Waals surface area (Å²) >= 11 is 0. The lowest BCUT2D eigenvalue weighted by Gasteiger charge is -2.13. The topological polar surface area (TPSA) is 38.9 Å². The molecule has 1 fully saturated rings. The van der Waals surface area contributed by atoms with Crippen molar-refractivity contribution in [2.24, 2.45) is 17.6 Å². The van der Waals surface area contributed by atoms with Crippen LogP contribution in [0.15, 0.2) is 18.5 Å². The second-order valence-electron chi connectivity index (χ2n) is 4.33. The number of aryl methyl sites for hydroxylation is 1. The van der Waals surface area contributed by atoms with Crippen molar-refractivity contribution < 1.29 is 0 Å². The molecule has 1 aliphatic rings. The quantitative estimate of drug-likeness (QED) is 0.795. The average Bonchev–Trinajstić information content (AvgIpc) is 2.96. The summed E-state index contributed by atoms with van der Waals surface area (Å²) in [5.41, 5.74) is 8.73. The van der Waals surface area contributed by atoms with Gasteiger partial charge in [0, 0.05) is 18.4 Å². The van der Waals surface area contributed by atoms with Crippen molar-refractivity contribution in [2.45, 2.75) is 32.7 Å². The lowest BCUT2D eigenvalue weighted by Crippen LogP contribution is -2.15. The van der Waals surface area contributed by atoms with E-state index < -0.39 is 0 Å². The number of nitrogens with two attached hydrogens (primary N) is 1. The van der Waals surface area contributed by atoms with Gasteiger partial charge in [-0.3, -0.25) is 4.98 Å². The van der Waals surface area contributed by atoms with Gasteiger partial charge in [-0.25, -0.2) is 0 Å². The van der Waals surface area contributed by atoms with E-state index in [1.807, 2.05) is 18.5 Å². The highest BCUT2D eigenvalue weighted by Gasteiger charge is 2.40. The predicted octanol–water partition coefficient (Wildman–Crippen LogP) is 2.44. The number of rotatable bonds is 3. The Morgan fingerprint density at radius 1 is 1.64 bits per heavy atom. The zero-order chi connectivity index (χ0) is 10.1. The predicted molar refractivity (Wildman–Crippen MR) is 57.8 cm³/mol. The molecule has 0 saturated heterocycles. The molecule has 1 aromatic rings. The Hall–Kier alpha value is -0.890. The summed E-state index contributed by atoms with van der Waals surface area (Å²) < 4.78 is 0.